The van der Waals surface area contributed by atoms with Gasteiger partial charge in [-0.15, -0.1) is 0 Å². The molecule has 3 aliphatic heterocycles. The van der Waals surface area contributed by atoms with Crippen molar-refractivity contribution in [2.24, 2.45) is 4.99 Å². The maximum Gasteiger partial charge on any atom is 0.203 e. The highest BCUT2D eigenvalue weighted by molar-refractivity contribution is 6.00. The number of benzene rings is 1. The van der Waals surface area contributed by atoms with Crippen molar-refractivity contribution in [2.75, 3.05) is 33.5 Å². The van der Waals surface area contributed by atoms with E-state index in [0.29, 0.717) is 47.7 Å². The van der Waals surface area contributed by atoms with Gasteiger partial charge < -0.3 is 29.0 Å². The molecule has 0 spiro atoms. The largest absolute Gasteiger partial charge is 0.470 e. The first-order valence-corrected chi connectivity index (χ1v) is 11.8. The molecule has 8 nitrogen and oxygen atoms in total. The monoisotopic (exact) mass is 497 g/mol. The van der Waals surface area contributed by atoms with Crippen LogP contribution in [0.1, 0.15) is 17.5 Å². The summed E-state index contributed by atoms with van der Waals surface area (Å²) in [5.41, 5.74) is 2.96. The number of hydrogen-bond acceptors (Lipinski definition) is 7. The lowest BCUT2D eigenvalue weighted by Crippen LogP contribution is -2.34. The van der Waals surface area contributed by atoms with Gasteiger partial charge in [0.25, 0.3) is 0 Å². The van der Waals surface area contributed by atoms with E-state index in [0.717, 1.165) is 5.57 Å². The number of halogens is 2. The van der Waals surface area contributed by atoms with Crippen LogP contribution in [-0.2, 0) is 14.2 Å². The average molecular weight is 497 g/mol. The Morgan fingerprint density at radius 2 is 1.97 bits per heavy atom. The zero-order valence-electron chi connectivity index (χ0n) is 19.5. The van der Waals surface area contributed by atoms with Gasteiger partial charge in [-0.25, -0.2) is 13.8 Å². The number of aliphatic imine (C=N–C) groups is 1. The Morgan fingerprint density at radius 1 is 1.17 bits per heavy atom. The third kappa shape index (κ3) is 4.00. The number of pyridine rings is 1. The van der Waals surface area contributed by atoms with Gasteiger partial charge in [0.2, 0.25) is 5.88 Å². The molecular formula is C26H25F2N3O5. The van der Waals surface area contributed by atoms with Crippen molar-refractivity contribution in [3.05, 3.63) is 53.1 Å². The molecule has 0 bridgehead atoms. The lowest BCUT2D eigenvalue weighted by atomic mass is 9.98. The number of aromatic amines is 1. The molecule has 0 aliphatic carbocycles. The maximum absolute atomic E-state index is 15.2. The molecule has 188 valence electrons. The number of fused-ring (bicyclic) bond motifs is 2. The van der Waals surface area contributed by atoms with Crippen molar-refractivity contribution in [2.45, 2.75) is 30.8 Å². The molecule has 0 unspecified atom stereocenters. The first-order chi connectivity index (χ1) is 17.5. The molecule has 0 amide bonds. The zero-order valence-corrected chi connectivity index (χ0v) is 19.5. The molecule has 2 saturated heterocycles. The van der Waals surface area contributed by atoms with Gasteiger partial charge in [-0.1, -0.05) is 6.08 Å². The van der Waals surface area contributed by atoms with Crippen LogP contribution in [0.2, 0.25) is 0 Å². The lowest BCUT2D eigenvalue weighted by Gasteiger charge is -2.17. The minimum absolute atomic E-state index is 0.160. The van der Waals surface area contributed by atoms with Gasteiger partial charge in [0, 0.05) is 13.3 Å². The average Bonchev–Trinajstić information content (AvgIpc) is 3.55. The van der Waals surface area contributed by atoms with E-state index in [2.05, 4.69) is 15.0 Å². The van der Waals surface area contributed by atoms with Crippen LogP contribution in [0.15, 0.2) is 35.3 Å². The van der Waals surface area contributed by atoms with Crippen LogP contribution >= 0.6 is 0 Å². The number of nitrogens with one attached hydrogen (secondary N) is 1. The van der Waals surface area contributed by atoms with Gasteiger partial charge in [-0.2, -0.15) is 0 Å². The molecule has 2 aromatic heterocycles. The van der Waals surface area contributed by atoms with Crippen LogP contribution in [0.5, 0.6) is 5.88 Å². The number of aliphatic hydroxyl groups excluding tert-OH is 1. The van der Waals surface area contributed by atoms with Crippen molar-refractivity contribution in [3.63, 3.8) is 0 Å². The fourth-order valence-electron chi connectivity index (χ4n) is 5.03. The number of aromatic nitrogens is 2. The van der Waals surface area contributed by atoms with Crippen molar-refractivity contribution in [1.82, 2.24) is 9.97 Å². The predicted octanol–water partition coefficient (Wildman–Crippen LogP) is 3.27. The molecule has 2 N–H and O–H groups in total. The third-order valence-electron chi connectivity index (χ3n) is 6.78. The molecule has 0 saturated carbocycles. The van der Waals surface area contributed by atoms with Gasteiger partial charge in [-0.3, -0.25) is 4.99 Å². The first kappa shape index (κ1) is 23.2. The summed E-state index contributed by atoms with van der Waals surface area (Å²) in [6.07, 6.45) is 2.07. The summed E-state index contributed by atoms with van der Waals surface area (Å²) in [6, 6.07) is 5.95. The van der Waals surface area contributed by atoms with Crippen molar-refractivity contribution in [3.8, 4) is 17.1 Å². The van der Waals surface area contributed by atoms with Crippen LogP contribution < -0.4 is 4.74 Å². The van der Waals surface area contributed by atoms with Crippen LogP contribution in [0.25, 0.3) is 27.9 Å². The molecule has 3 aromatic rings. The quantitative estimate of drug-likeness (QED) is 0.525. The highest BCUT2D eigenvalue weighted by Crippen LogP contribution is 2.35. The Morgan fingerprint density at radius 3 is 2.72 bits per heavy atom. The van der Waals surface area contributed by atoms with Gasteiger partial charge in [0.1, 0.15) is 35.5 Å². The van der Waals surface area contributed by atoms with Crippen LogP contribution in [0, 0.1) is 11.6 Å². The van der Waals surface area contributed by atoms with E-state index in [9.17, 15) is 5.11 Å². The molecule has 3 aliphatic rings. The lowest BCUT2D eigenvalue weighted by molar-refractivity contribution is 0.00792. The molecule has 2 fully saturated rings. The second-order valence-corrected chi connectivity index (χ2v) is 9.04. The second-order valence-electron chi connectivity index (χ2n) is 9.04. The fraction of sp³-hybridized carbons (Fsp3) is 0.385. The summed E-state index contributed by atoms with van der Waals surface area (Å²) in [5.74, 6) is -0.983. The minimum Gasteiger partial charge on any atom is -0.470 e. The Balaban J connectivity index is 1.36. The van der Waals surface area contributed by atoms with Gasteiger partial charge in [0.05, 0.1) is 48.8 Å². The van der Waals surface area contributed by atoms with E-state index in [4.69, 9.17) is 18.9 Å². The minimum atomic E-state index is -0.689. The topological polar surface area (TPSA) is 98.2 Å². The highest BCUT2D eigenvalue weighted by Gasteiger charge is 2.48. The number of rotatable bonds is 5. The zero-order chi connectivity index (χ0) is 24.8. The highest BCUT2D eigenvalue weighted by atomic mass is 19.1. The number of ether oxygens (including phenoxy) is 4. The van der Waals surface area contributed by atoms with E-state index < -0.39 is 36.1 Å². The number of H-pyrrole nitrogens is 1. The van der Waals surface area contributed by atoms with Gasteiger partial charge in [-0.05, 0) is 41.8 Å². The summed E-state index contributed by atoms with van der Waals surface area (Å²) in [6.45, 7) is 1.40. The molecule has 5 heterocycles. The molecular weight excluding hydrogens is 472 g/mol. The Labute approximate surface area is 205 Å². The van der Waals surface area contributed by atoms with E-state index in [-0.39, 0.29) is 24.5 Å². The number of aliphatic hydroxyl groups is 1. The summed E-state index contributed by atoms with van der Waals surface area (Å²) >= 11 is 0. The van der Waals surface area contributed by atoms with Crippen molar-refractivity contribution < 1.29 is 32.8 Å². The molecule has 36 heavy (non-hydrogen) atoms. The molecule has 4 atom stereocenters. The fourth-order valence-corrected chi connectivity index (χ4v) is 5.03. The number of nitrogens with zero attached hydrogens (tertiary/aromatic N) is 2. The third-order valence-corrected chi connectivity index (χ3v) is 6.78. The Kier molecular flexibility index (Phi) is 6.04. The van der Waals surface area contributed by atoms with E-state index in [1.807, 2.05) is 6.08 Å². The smallest absolute Gasteiger partial charge is 0.203 e. The summed E-state index contributed by atoms with van der Waals surface area (Å²) in [4.78, 5) is 11.9. The molecule has 6 rings (SSSR count). The van der Waals surface area contributed by atoms with Crippen LogP contribution in [0.3, 0.4) is 0 Å². The van der Waals surface area contributed by atoms with Gasteiger partial charge in [0.15, 0.2) is 6.10 Å². The number of hydrogen-bond donors (Lipinski definition) is 2. The normalized spacial score (nSPS) is 26.1. The van der Waals surface area contributed by atoms with Crippen LogP contribution in [0.4, 0.5) is 8.78 Å². The molecule has 10 heteroatoms. The standard InChI is InChI=1S/C26H25F2N3O5/c1-29-10-15-23-19(31-26(15)36-21-12-35-24-20(32)11-34-25(21)24)3-2-18(30-23)22-16(27)8-14(9-17(22)28)13-4-6-33-7-5-13/h2-4,8-10,20-21,24-25,31-32H,5-7,11-12H2,1H3/b29-10+/t20-,21-,24-,25-/m1/s1. The Bertz CT molecular complexity index is 1350. The molecule has 0 radical (unpaired) electrons. The van der Waals surface area contributed by atoms with Crippen LogP contribution in [-0.4, -0.2) is 79.2 Å². The summed E-state index contributed by atoms with van der Waals surface area (Å²) in [7, 11) is 1.61. The van der Waals surface area contributed by atoms with E-state index in [1.54, 1.807) is 25.4 Å². The summed E-state index contributed by atoms with van der Waals surface area (Å²) < 4.78 is 53.1. The van der Waals surface area contributed by atoms with Crippen molar-refractivity contribution >= 4 is 22.8 Å². The summed E-state index contributed by atoms with van der Waals surface area (Å²) in [5, 5.41) is 10.00. The first-order valence-electron chi connectivity index (χ1n) is 11.8. The van der Waals surface area contributed by atoms with Gasteiger partial charge >= 0.3 is 0 Å². The van der Waals surface area contributed by atoms with E-state index >= 15 is 8.78 Å². The maximum atomic E-state index is 15.2. The SMILES string of the molecule is C/N=C/c1c(O[C@@H]2CO[C@H]3[C@@H]2OC[C@H]3O)[nH]c2ccc(-c3c(F)cc(C4=CCOCC4)cc3F)nc12. The predicted molar refractivity (Wildman–Crippen MR) is 128 cm³/mol. The Hall–Kier alpha value is -3.18. The second kappa shape index (κ2) is 9.36. The van der Waals surface area contributed by atoms with E-state index in [1.165, 1.54) is 12.1 Å². The van der Waals surface area contributed by atoms with Crippen molar-refractivity contribution in [1.29, 1.82) is 0 Å². The molecule has 1 aromatic carbocycles.